The minimum absolute atomic E-state index is 0.173. The van der Waals surface area contributed by atoms with E-state index >= 15 is 0 Å². The molecule has 2 aromatic carbocycles. The fourth-order valence-corrected chi connectivity index (χ4v) is 4.60. The molecule has 1 atom stereocenters. The van der Waals surface area contributed by atoms with E-state index in [2.05, 4.69) is 15.0 Å². The topological polar surface area (TPSA) is 119 Å². The van der Waals surface area contributed by atoms with Crippen LogP contribution in [0.1, 0.15) is 38.2 Å². The molecular weight excluding hydrogens is 418 g/mol. The molecule has 9 nitrogen and oxygen atoms in total. The molecule has 3 rings (SSSR count). The second-order valence-electron chi connectivity index (χ2n) is 8.18. The summed E-state index contributed by atoms with van der Waals surface area (Å²) in [5, 5.41) is 15.0. The zero-order valence-electron chi connectivity index (χ0n) is 17.7. The van der Waals surface area contributed by atoms with Crippen molar-refractivity contribution in [2.45, 2.75) is 37.2 Å². The summed E-state index contributed by atoms with van der Waals surface area (Å²) in [7, 11) is -2.08. The normalized spacial score (nSPS) is 13.0. The van der Waals surface area contributed by atoms with E-state index in [9.17, 15) is 18.5 Å². The maximum Gasteiger partial charge on any atom is 0.293 e. The number of nitro groups is 1. The monoisotopic (exact) mass is 443 g/mol. The van der Waals surface area contributed by atoms with Crippen molar-refractivity contribution in [1.82, 2.24) is 14.3 Å². The van der Waals surface area contributed by atoms with Gasteiger partial charge in [0.15, 0.2) is 0 Å². The lowest BCUT2D eigenvalue weighted by molar-refractivity contribution is -0.384. The average molecular weight is 444 g/mol. The number of benzene rings is 2. The molecule has 0 radical (unpaired) electrons. The Kier molecular flexibility index (Phi) is 6.14. The summed E-state index contributed by atoms with van der Waals surface area (Å²) in [6.45, 7) is 5.10. The quantitative estimate of drug-likeness (QED) is 0.425. The van der Waals surface area contributed by atoms with Crippen LogP contribution in [0.4, 0.5) is 11.4 Å². The highest BCUT2D eigenvalue weighted by molar-refractivity contribution is 7.89. The molecule has 3 aromatic rings. The van der Waals surface area contributed by atoms with Gasteiger partial charge in [0.05, 0.1) is 9.82 Å². The Bertz CT molecular complexity index is 1180. The summed E-state index contributed by atoms with van der Waals surface area (Å²) in [5.74, 6) is 0.659. The van der Waals surface area contributed by atoms with Crippen molar-refractivity contribution >= 4 is 21.4 Å². The van der Waals surface area contributed by atoms with Crippen LogP contribution in [0.25, 0.3) is 0 Å². The third-order valence-electron chi connectivity index (χ3n) is 4.47. The predicted octanol–water partition coefficient (Wildman–Crippen LogP) is 3.61. The molecule has 0 aliphatic carbocycles. The molecule has 0 aliphatic heterocycles. The van der Waals surface area contributed by atoms with Crippen molar-refractivity contribution < 1.29 is 13.3 Å². The second-order valence-corrected chi connectivity index (χ2v) is 9.86. The smallest absolute Gasteiger partial charge is 0.293 e. The molecule has 10 heteroatoms. The van der Waals surface area contributed by atoms with E-state index in [4.69, 9.17) is 0 Å². The molecule has 0 amide bonds. The lowest BCUT2D eigenvalue weighted by Gasteiger charge is -2.22. The van der Waals surface area contributed by atoms with E-state index in [1.54, 1.807) is 33.2 Å². The average Bonchev–Trinajstić information content (AvgIpc) is 3.10. The van der Waals surface area contributed by atoms with E-state index in [0.29, 0.717) is 5.82 Å². The molecule has 0 unspecified atom stereocenters. The van der Waals surface area contributed by atoms with Gasteiger partial charge in [0.2, 0.25) is 10.0 Å². The first kappa shape index (κ1) is 22.4. The third kappa shape index (κ3) is 5.28. The van der Waals surface area contributed by atoms with Crippen molar-refractivity contribution in [2.75, 3.05) is 5.32 Å². The number of aryl methyl sites for hydroxylation is 1. The van der Waals surface area contributed by atoms with E-state index < -0.39 is 26.5 Å². The van der Waals surface area contributed by atoms with Gasteiger partial charge in [-0.2, -0.15) is 0 Å². The van der Waals surface area contributed by atoms with Gasteiger partial charge >= 0.3 is 0 Å². The highest BCUT2D eigenvalue weighted by Gasteiger charge is 2.27. The molecule has 0 spiro atoms. The molecule has 164 valence electrons. The van der Waals surface area contributed by atoms with Crippen LogP contribution in [0, 0.1) is 10.1 Å². The van der Waals surface area contributed by atoms with Gasteiger partial charge in [0, 0.05) is 31.0 Å². The van der Waals surface area contributed by atoms with Crippen molar-refractivity contribution in [3.63, 3.8) is 0 Å². The lowest BCUT2D eigenvalue weighted by Crippen LogP contribution is -2.40. The van der Waals surface area contributed by atoms with Gasteiger partial charge in [0.25, 0.3) is 5.69 Å². The van der Waals surface area contributed by atoms with Crippen molar-refractivity contribution in [3.8, 4) is 0 Å². The van der Waals surface area contributed by atoms with Gasteiger partial charge in [-0.3, -0.25) is 10.1 Å². The Labute approximate surface area is 181 Å². The van der Waals surface area contributed by atoms with Gasteiger partial charge < -0.3 is 9.88 Å². The van der Waals surface area contributed by atoms with Crippen LogP contribution < -0.4 is 10.0 Å². The molecule has 0 saturated carbocycles. The van der Waals surface area contributed by atoms with E-state index in [-0.39, 0.29) is 16.3 Å². The van der Waals surface area contributed by atoms with Crippen LogP contribution in [0.3, 0.4) is 0 Å². The molecule has 0 saturated heterocycles. The summed E-state index contributed by atoms with van der Waals surface area (Å²) >= 11 is 0. The second kappa shape index (κ2) is 8.48. The van der Waals surface area contributed by atoms with Gasteiger partial charge in [-0.15, -0.1) is 0 Å². The molecule has 31 heavy (non-hydrogen) atoms. The SMILES string of the molecule is Cn1ccnc1[C@H](Nc1ccc(S(=O)(=O)NC(C)(C)C)cc1[N+](=O)[O-])c1ccccc1. The molecule has 0 aliphatic rings. The summed E-state index contributed by atoms with van der Waals surface area (Å²) in [5.41, 5.74) is -0.0121. The number of sulfonamides is 1. The Hall–Kier alpha value is -3.24. The minimum atomic E-state index is -3.92. The number of anilines is 1. The molecule has 0 bridgehead atoms. The Balaban J connectivity index is 2.05. The standard InChI is InChI=1S/C21H25N5O4S/c1-21(2,3)24-31(29,30)16-10-11-17(18(14-16)26(27)28)23-19(15-8-6-5-7-9-15)20-22-12-13-25(20)4/h5-14,19,23-24H,1-4H3/t19-/m1/s1. The van der Waals surface area contributed by atoms with Crippen LogP contribution >= 0.6 is 0 Å². The van der Waals surface area contributed by atoms with Gasteiger partial charge in [-0.25, -0.2) is 18.1 Å². The molecular formula is C21H25N5O4S. The number of hydrogen-bond donors (Lipinski definition) is 2. The molecule has 0 fully saturated rings. The fourth-order valence-electron chi connectivity index (χ4n) is 3.17. The number of nitrogens with one attached hydrogen (secondary N) is 2. The first-order valence-electron chi connectivity index (χ1n) is 9.59. The highest BCUT2D eigenvalue weighted by atomic mass is 32.2. The van der Waals surface area contributed by atoms with Gasteiger partial charge in [0.1, 0.15) is 17.6 Å². The van der Waals surface area contributed by atoms with Crippen LogP contribution in [-0.4, -0.2) is 28.4 Å². The van der Waals surface area contributed by atoms with Crippen LogP contribution in [0.5, 0.6) is 0 Å². The number of hydrogen-bond acceptors (Lipinski definition) is 6. The summed E-state index contributed by atoms with van der Waals surface area (Å²) in [6, 6.07) is 12.8. The number of imidazole rings is 1. The molecule has 1 aromatic heterocycles. The van der Waals surface area contributed by atoms with Crippen LogP contribution in [0.15, 0.2) is 65.8 Å². The van der Waals surface area contributed by atoms with Gasteiger partial charge in [-0.1, -0.05) is 30.3 Å². The predicted molar refractivity (Wildman–Crippen MR) is 118 cm³/mol. The summed E-state index contributed by atoms with van der Waals surface area (Å²) in [6.07, 6.45) is 3.43. The number of nitrogens with zero attached hydrogens (tertiary/aromatic N) is 3. The van der Waals surface area contributed by atoms with E-state index in [1.807, 2.05) is 41.9 Å². The molecule has 2 N–H and O–H groups in total. The van der Waals surface area contributed by atoms with Crippen molar-refractivity contribution in [1.29, 1.82) is 0 Å². The third-order valence-corrected chi connectivity index (χ3v) is 6.22. The lowest BCUT2D eigenvalue weighted by atomic mass is 10.1. The maximum absolute atomic E-state index is 12.6. The largest absolute Gasteiger partial charge is 0.366 e. The fraction of sp³-hybridized carbons (Fsp3) is 0.286. The number of nitro benzene ring substituents is 1. The minimum Gasteiger partial charge on any atom is -0.366 e. The zero-order chi connectivity index (χ0) is 22.8. The summed E-state index contributed by atoms with van der Waals surface area (Å²) in [4.78, 5) is 15.4. The maximum atomic E-state index is 12.6. The molecule has 1 heterocycles. The summed E-state index contributed by atoms with van der Waals surface area (Å²) < 4.78 is 29.6. The highest BCUT2D eigenvalue weighted by Crippen LogP contribution is 2.33. The first-order chi connectivity index (χ1) is 14.5. The van der Waals surface area contributed by atoms with Crippen LogP contribution in [0.2, 0.25) is 0 Å². The van der Waals surface area contributed by atoms with Crippen molar-refractivity contribution in [3.05, 3.63) is 82.4 Å². The first-order valence-corrected chi connectivity index (χ1v) is 11.1. The van der Waals surface area contributed by atoms with Crippen molar-refractivity contribution in [2.24, 2.45) is 7.05 Å². The Morgan fingerprint density at radius 1 is 1.13 bits per heavy atom. The van der Waals surface area contributed by atoms with E-state index in [1.165, 1.54) is 12.1 Å². The number of rotatable bonds is 7. The Morgan fingerprint density at radius 2 is 1.81 bits per heavy atom. The van der Waals surface area contributed by atoms with Gasteiger partial charge in [-0.05, 0) is 38.5 Å². The zero-order valence-corrected chi connectivity index (χ0v) is 18.6. The Morgan fingerprint density at radius 3 is 2.35 bits per heavy atom. The van der Waals surface area contributed by atoms with E-state index in [0.717, 1.165) is 11.6 Å². The number of aromatic nitrogens is 2. The van der Waals surface area contributed by atoms with Crippen LogP contribution in [-0.2, 0) is 17.1 Å².